The van der Waals surface area contributed by atoms with E-state index in [-0.39, 0.29) is 51.2 Å². The molecule has 0 spiro atoms. The van der Waals surface area contributed by atoms with Crippen molar-refractivity contribution in [2.45, 2.75) is 36.6 Å². The largest absolute Gasteiger partial charge is 0.391 e. The molecule has 0 atom stereocenters. The Kier molecular flexibility index (Phi) is 6.37. The third kappa shape index (κ3) is 4.11. The molecule has 5 nitrogen and oxygen atoms in total. The molecule has 2 fully saturated rings. The Bertz CT molecular complexity index is 525. The van der Waals surface area contributed by atoms with Crippen LogP contribution in [0.2, 0.25) is 0 Å². The first-order valence-corrected chi connectivity index (χ1v) is 9.23. The van der Waals surface area contributed by atoms with Crippen molar-refractivity contribution >= 4 is 28.2 Å². The average Bonchev–Trinajstić information content (AvgIpc) is 2.45. The summed E-state index contributed by atoms with van der Waals surface area (Å²) in [5, 5.41) is 3.01. The number of nitrogens with one attached hydrogen (secondary N) is 1. The molecule has 0 aromatic heterocycles. The predicted octanol–water partition coefficient (Wildman–Crippen LogP) is 1.38. The number of nitrogens with zero attached hydrogens (tertiary/aromatic N) is 1. The van der Waals surface area contributed by atoms with E-state index in [2.05, 4.69) is 5.32 Å². The van der Waals surface area contributed by atoms with Crippen LogP contribution in [0.25, 0.3) is 0 Å². The maximum atomic E-state index is 12.7. The quantitative estimate of drug-likeness (QED) is 0.788. The van der Waals surface area contributed by atoms with Crippen LogP contribution in [0.5, 0.6) is 0 Å². The van der Waals surface area contributed by atoms with Crippen LogP contribution in [0.1, 0.15) is 25.7 Å². The second-order valence-electron chi connectivity index (χ2n) is 6.12. The molecule has 10 heteroatoms. The molecular weight excluding hydrogens is 357 g/mol. The summed E-state index contributed by atoms with van der Waals surface area (Å²) in [4.78, 5) is 14.0. The fraction of sp³-hybridized carbons (Fsp3) is 0.923. The first-order chi connectivity index (χ1) is 10.1. The molecule has 0 bridgehead atoms. The van der Waals surface area contributed by atoms with Gasteiger partial charge < -0.3 is 10.2 Å². The number of alkyl halides is 3. The Labute approximate surface area is 140 Å². The summed E-state index contributed by atoms with van der Waals surface area (Å²) in [7, 11) is -3.63. The van der Waals surface area contributed by atoms with Gasteiger partial charge in [0.1, 0.15) is 0 Å². The van der Waals surface area contributed by atoms with Crippen molar-refractivity contribution in [1.82, 2.24) is 10.2 Å². The number of sulfone groups is 1. The van der Waals surface area contributed by atoms with E-state index in [0.29, 0.717) is 13.1 Å². The molecule has 136 valence electrons. The van der Waals surface area contributed by atoms with Gasteiger partial charge in [-0.1, -0.05) is 0 Å². The van der Waals surface area contributed by atoms with Gasteiger partial charge in [0.2, 0.25) is 5.91 Å². The Morgan fingerprint density at radius 2 is 1.65 bits per heavy atom. The Morgan fingerprint density at radius 1 is 1.17 bits per heavy atom. The highest BCUT2D eigenvalue weighted by Crippen LogP contribution is 2.36. The molecule has 2 saturated heterocycles. The molecule has 0 aromatic rings. The predicted molar refractivity (Wildman–Crippen MR) is 82.3 cm³/mol. The van der Waals surface area contributed by atoms with E-state index >= 15 is 0 Å². The molecule has 0 aromatic carbocycles. The summed E-state index contributed by atoms with van der Waals surface area (Å²) in [6, 6.07) is 0. The lowest BCUT2D eigenvalue weighted by Gasteiger charge is -2.41. The van der Waals surface area contributed by atoms with Crippen molar-refractivity contribution in [3.8, 4) is 0 Å². The highest BCUT2D eigenvalue weighted by Gasteiger charge is 2.51. The Balaban J connectivity index is 0.00000264. The second-order valence-corrected chi connectivity index (χ2v) is 8.45. The SMILES string of the molecule is CS(=O)(=O)C1(C(=O)N2CCC(C(F)(F)F)CC2)CCNCC1.Cl. The number of piperidine rings is 2. The van der Waals surface area contributed by atoms with E-state index in [4.69, 9.17) is 0 Å². The maximum Gasteiger partial charge on any atom is 0.391 e. The van der Waals surface area contributed by atoms with Crippen molar-refractivity contribution < 1.29 is 26.4 Å². The molecular formula is C13H22ClF3N2O3S. The minimum atomic E-state index is -4.25. The summed E-state index contributed by atoms with van der Waals surface area (Å²) in [5.41, 5.74) is 0. The van der Waals surface area contributed by atoms with Crippen molar-refractivity contribution in [2.75, 3.05) is 32.4 Å². The van der Waals surface area contributed by atoms with Crippen molar-refractivity contribution in [1.29, 1.82) is 0 Å². The highest BCUT2D eigenvalue weighted by atomic mass is 35.5. The lowest BCUT2D eigenvalue weighted by molar-refractivity contribution is -0.186. The van der Waals surface area contributed by atoms with Crippen LogP contribution in [-0.4, -0.2) is 62.6 Å². The zero-order valence-corrected chi connectivity index (χ0v) is 14.5. The minimum Gasteiger partial charge on any atom is -0.341 e. The normalized spacial score (nSPS) is 23.2. The Hall–Kier alpha value is -0.540. The van der Waals surface area contributed by atoms with Crippen LogP contribution >= 0.6 is 12.4 Å². The molecule has 2 aliphatic rings. The monoisotopic (exact) mass is 378 g/mol. The Morgan fingerprint density at radius 3 is 2.04 bits per heavy atom. The van der Waals surface area contributed by atoms with E-state index in [1.807, 2.05) is 0 Å². The molecule has 23 heavy (non-hydrogen) atoms. The zero-order valence-electron chi connectivity index (χ0n) is 12.9. The van der Waals surface area contributed by atoms with E-state index in [1.54, 1.807) is 0 Å². The van der Waals surface area contributed by atoms with Crippen LogP contribution in [0.3, 0.4) is 0 Å². The molecule has 2 heterocycles. The van der Waals surface area contributed by atoms with Crippen LogP contribution in [0, 0.1) is 5.92 Å². The number of hydrogen-bond acceptors (Lipinski definition) is 4. The highest BCUT2D eigenvalue weighted by molar-refractivity contribution is 7.92. The average molecular weight is 379 g/mol. The van der Waals surface area contributed by atoms with Gasteiger partial charge in [-0.15, -0.1) is 12.4 Å². The van der Waals surface area contributed by atoms with Gasteiger partial charge in [0.15, 0.2) is 14.6 Å². The van der Waals surface area contributed by atoms with E-state index in [1.165, 1.54) is 4.90 Å². The molecule has 2 aliphatic heterocycles. The van der Waals surface area contributed by atoms with Gasteiger partial charge in [-0.25, -0.2) is 8.42 Å². The van der Waals surface area contributed by atoms with Gasteiger partial charge in [0, 0.05) is 19.3 Å². The smallest absolute Gasteiger partial charge is 0.341 e. The minimum absolute atomic E-state index is 0. The van der Waals surface area contributed by atoms with Crippen molar-refractivity contribution in [2.24, 2.45) is 5.92 Å². The summed E-state index contributed by atoms with van der Waals surface area (Å²) < 4.78 is 60.9. The van der Waals surface area contributed by atoms with Crippen LogP contribution in [-0.2, 0) is 14.6 Å². The third-order valence-electron chi connectivity index (χ3n) is 4.76. The number of carbonyl (C=O) groups is 1. The van der Waals surface area contributed by atoms with E-state index in [0.717, 1.165) is 6.26 Å². The summed E-state index contributed by atoms with van der Waals surface area (Å²) in [6.45, 7) is 0.761. The first kappa shape index (κ1) is 20.5. The number of amides is 1. The molecule has 1 N–H and O–H groups in total. The molecule has 2 rings (SSSR count). The lowest BCUT2D eigenvalue weighted by atomic mass is 9.91. The van der Waals surface area contributed by atoms with Crippen molar-refractivity contribution in [3.05, 3.63) is 0 Å². The van der Waals surface area contributed by atoms with E-state index in [9.17, 15) is 26.4 Å². The number of likely N-dealkylation sites (tertiary alicyclic amines) is 1. The fourth-order valence-corrected chi connectivity index (χ4v) is 4.66. The van der Waals surface area contributed by atoms with Gasteiger partial charge in [0.05, 0.1) is 5.92 Å². The first-order valence-electron chi connectivity index (χ1n) is 7.34. The van der Waals surface area contributed by atoms with Gasteiger partial charge in [-0.3, -0.25) is 4.79 Å². The summed E-state index contributed by atoms with van der Waals surface area (Å²) in [6.07, 6.45) is -3.19. The standard InChI is InChI=1S/C13H21F3N2O3S.ClH/c1-22(20,21)12(4-6-17-7-5-12)11(19)18-8-2-10(3-9-18)13(14,15)16;/h10,17H,2-9H2,1H3;1H. The maximum absolute atomic E-state index is 12.7. The third-order valence-corrected chi connectivity index (χ3v) is 6.76. The summed E-state index contributed by atoms with van der Waals surface area (Å²) in [5.74, 6) is -1.93. The summed E-state index contributed by atoms with van der Waals surface area (Å²) >= 11 is 0. The van der Waals surface area contributed by atoms with Crippen LogP contribution in [0.15, 0.2) is 0 Å². The second kappa shape index (κ2) is 7.14. The number of hydrogen-bond donors (Lipinski definition) is 1. The number of rotatable bonds is 2. The van der Waals surface area contributed by atoms with Gasteiger partial charge in [-0.05, 0) is 38.8 Å². The zero-order chi connectivity index (χ0) is 16.6. The number of carbonyl (C=O) groups excluding carboxylic acids is 1. The van der Waals surface area contributed by atoms with Crippen LogP contribution < -0.4 is 5.32 Å². The molecule has 0 unspecified atom stereocenters. The number of halogens is 4. The van der Waals surface area contributed by atoms with E-state index < -0.39 is 32.6 Å². The van der Waals surface area contributed by atoms with Gasteiger partial charge in [-0.2, -0.15) is 13.2 Å². The molecule has 0 radical (unpaired) electrons. The van der Waals surface area contributed by atoms with Crippen molar-refractivity contribution in [3.63, 3.8) is 0 Å². The van der Waals surface area contributed by atoms with Gasteiger partial charge in [0.25, 0.3) is 0 Å². The topological polar surface area (TPSA) is 66.5 Å². The fourth-order valence-electron chi connectivity index (χ4n) is 3.27. The molecule has 0 saturated carbocycles. The molecule has 1 amide bonds. The van der Waals surface area contributed by atoms with Gasteiger partial charge >= 0.3 is 6.18 Å². The molecule has 0 aliphatic carbocycles. The lowest BCUT2D eigenvalue weighted by Crippen LogP contribution is -2.59. The van der Waals surface area contributed by atoms with Crippen LogP contribution in [0.4, 0.5) is 13.2 Å².